The molecule has 6 heteroatoms. The van der Waals surface area contributed by atoms with E-state index in [-0.39, 0.29) is 38.1 Å². The van der Waals surface area contributed by atoms with Crippen LogP contribution in [0, 0.1) is 0 Å². The van der Waals surface area contributed by atoms with E-state index in [2.05, 4.69) is 0 Å². The zero-order valence-electron chi connectivity index (χ0n) is 12.7. The first kappa shape index (κ1) is 16.0. The number of carbonyl (C=O) groups is 3. The molecular weight excluding hydrogens is 286 g/mol. The predicted octanol–water partition coefficient (Wildman–Crippen LogP) is 1.70. The van der Waals surface area contributed by atoms with Crippen LogP contribution < -0.4 is 0 Å². The minimum Gasteiger partial charge on any atom is -0.465 e. The van der Waals surface area contributed by atoms with Crippen LogP contribution in [0.2, 0.25) is 0 Å². The number of likely N-dealkylation sites (tertiary alicyclic amines) is 1. The summed E-state index contributed by atoms with van der Waals surface area (Å²) in [5.74, 6) is -1.00. The van der Waals surface area contributed by atoms with Gasteiger partial charge in [-0.05, 0) is 25.5 Å². The summed E-state index contributed by atoms with van der Waals surface area (Å²) >= 11 is 0. The zero-order chi connectivity index (χ0) is 16.1. The van der Waals surface area contributed by atoms with Crippen molar-refractivity contribution in [2.24, 2.45) is 0 Å². The summed E-state index contributed by atoms with van der Waals surface area (Å²) in [4.78, 5) is 36.8. The van der Waals surface area contributed by atoms with Gasteiger partial charge in [-0.15, -0.1) is 0 Å². The van der Waals surface area contributed by atoms with Gasteiger partial charge in [-0.3, -0.25) is 9.59 Å². The van der Waals surface area contributed by atoms with E-state index in [0.29, 0.717) is 11.1 Å². The maximum atomic E-state index is 12.0. The molecule has 0 spiro atoms. The summed E-state index contributed by atoms with van der Waals surface area (Å²) in [6, 6.07) is 6.69. The third-order valence-corrected chi connectivity index (χ3v) is 3.48. The summed E-state index contributed by atoms with van der Waals surface area (Å²) in [5.41, 5.74) is 1.13. The first-order chi connectivity index (χ1) is 10.6. The molecule has 1 aliphatic heterocycles. The number of ether oxygens (including phenoxy) is 2. The van der Waals surface area contributed by atoms with E-state index in [0.717, 1.165) is 0 Å². The third kappa shape index (κ3) is 3.27. The Kier molecular flexibility index (Phi) is 5.14. The van der Waals surface area contributed by atoms with Crippen LogP contribution in [0.15, 0.2) is 24.3 Å². The van der Waals surface area contributed by atoms with Crippen molar-refractivity contribution in [1.29, 1.82) is 0 Å². The number of amides is 1. The van der Waals surface area contributed by atoms with Crippen LogP contribution in [0.4, 0.5) is 0 Å². The molecule has 0 aliphatic carbocycles. The summed E-state index contributed by atoms with van der Waals surface area (Å²) in [5, 5.41) is 0. The van der Waals surface area contributed by atoms with Crippen molar-refractivity contribution in [2.45, 2.75) is 26.3 Å². The Hall–Kier alpha value is -2.37. The number of carbonyl (C=O) groups excluding carboxylic acids is 3. The fourth-order valence-electron chi connectivity index (χ4n) is 2.46. The number of hydrogen-bond acceptors (Lipinski definition) is 5. The van der Waals surface area contributed by atoms with E-state index in [1.165, 1.54) is 4.90 Å². The molecule has 0 bridgehead atoms. The summed E-state index contributed by atoms with van der Waals surface area (Å²) in [6.45, 7) is 3.90. The Bertz CT molecular complexity index is 584. The van der Waals surface area contributed by atoms with E-state index in [4.69, 9.17) is 9.47 Å². The van der Waals surface area contributed by atoms with Gasteiger partial charge < -0.3 is 14.4 Å². The molecule has 0 saturated carbocycles. The zero-order valence-corrected chi connectivity index (χ0v) is 12.7. The van der Waals surface area contributed by atoms with Gasteiger partial charge in [-0.25, -0.2) is 4.79 Å². The highest BCUT2D eigenvalue weighted by atomic mass is 16.5. The van der Waals surface area contributed by atoms with Crippen LogP contribution in [0.25, 0.3) is 0 Å². The van der Waals surface area contributed by atoms with Crippen molar-refractivity contribution in [3.05, 3.63) is 35.4 Å². The van der Waals surface area contributed by atoms with Crippen LogP contribution in [-0.2, 0) is 19.1 Å². The molecular formula is C16H19NO5. The van der Waals surface area contributed by atoms with Gasteiger partial charge >= 0.3 is 11.9 Å². The number of benzene rings is 1. The highest BCUT2D eigenvalue weighted by molar-refractivity contribution is 5.93. The SMILES string of the molecule is CCOC(=O)CN1C(=O)C[C@H]1c1ccccc1C(=O)OCC. The van der Waals surface area contributed by atoms with Gasteiger partial charge in [0.2, 0.25) is 5.91 Å². The number of β-lactam (4-membered cyclic amide) rings is 1. The number of rotatable bonds is 6. The van der Waals surface area contributed by atoms with Crippen LogP contribution in [0.1, 0.15) is 42.2 Å². The number of hydrogen-bond donors (Lipinski definition) is 0. The maximum absolute atomic E-state index is 12.0. The van der Waals surface area contributed by atoms with E-state index in [1.807, 2.05) is 0 Å². The van der Waals surface area contributed by atoms with Gasteiger partial charge in [0.05, 0.1) is 31.2 Å². The van der Waals surface area contributed by atoms with Crippen molar-refractivity contribution in [3.63, 3.8) is 0 Å². The van der Waals surface area contributed by atoms with E-state index < -0.39 is 11.9 Å². The van der Waals surface area contributed by atoms with E-state index in [9.17, 15) is 14.4 Å². The Labute approximate surface area is 129 Å². The van der Waals surface area contributed by atoms with Gasteiger partial charge in [-0.2, -0.15) is 0 Å². The molecule has 118 valence electrons. The number of nitrogens with zero attached hydrogens (tertiary/aromatic N) is 1. The summed E-state index contributed by atoms with van der Waals surface area (Å²) < 4.78 is 9.91. The summed E-state index contributed by atoms with van der Waals surface area (Å²) in [6.07, 6.45) is 0.274. The molecule has 0 unspecified atom stereocenters. The second-order valence-electron chi connectivity index (χ2n) is 4.85. The van der Waals surface area contributed by atoms with Crippen LogP contribution in [-0.4, -0.2) is 42.5 Å². The molecule has 1 aromatic rings. The second-order valence-corrected chi connectivity index (χ2v) is 4.85. The summed E-state index contributed by atoms with van der Waals surface area (Å²) in [7, 11) is 0. The lowest BCUT2D eigenvalue weighted by atomic mass is 9.90. The maximum Gasteiger partial charge on any atom is 0.338 e. The molecule has 1 heterocycles. The van der Waals surface area contributed by atoms with Crippen LogP contribution >= 0.6 is 0 Å². The lowest BCUT2D eigenvalue weighted by Crippen LogP contribution is -2.49. The molecule has 0 aromatic heterocycles. The molecule has 0 radical (unpaired) electrons. The van der Waals surface area contributed by atoms with Gasteiger partial charge in [-0.1, -0.05) is 18.2 Å². The Morgan fingerprint density at radius 2 is 1.86 bits per heavy atom. The minimum absolute atomic E-state index is 0.103. The Balaban J connectivity index is 2.19. The molecule has 6 nitrogen and oxygen atoms in total. The minimum atomic E-state index is -0.450. The predicted molar refractivity (Wildman–Crippen MR) is 78.1 cm³/mol. The molecule has 22 heavy (non-hydrogen) atoms. The van der Waals surface area contributed by atoms with E-state index >= 15 is 0 Å². The van der Waals surface area contributed by atoms with Gasteiger partial charge in [0.25, 0.3) is 0 Å². The molecule has 0 N–H and O–H groups in total. The van der Waals surface area contributed by atoms with Gasteiger partial charge in [0.15, 0.2) is 0 Å². The first-order valence-corrected chi connectivity index (χ1v) is 7.29. The first-order valence-electron chi connectivity index (χ1n) is 7.29. The monoisotopic (exact) mass is 305 g/mol. The smallest absolute Gasteiger partial charge is 0.338 e. The lowest BCUT2D eigenvalue weighted by Gasteiger charge is -2.40. The normalized spacial score (nSPS) is 16.9. The van der Waals surface area contributed by atoms with Gasteiger partial charge in [0.1, 0.15) is 6.54 Å². The Morgan fingerprint density at radius 3 is 2.50 bits per heavy atom. The molecule has 2 rings (SSSR count). The molecule has 1 amide bonds. The average Bonchev–Trinajstić information content (AvgIpc) is 2.51. The van der Waals surface area contributed by atoms with Crippen molar-refractivity contribution in [2.75, 3.05) is 19.8 Å². The molecule has 1 atom stereocenters. The quantitative estimate of drug-likeness (QED) is 0.591. The largest absolute Gasteiger partial charge is 0.465 e. The highest BCUT2D eigenvalue weighted by Gasteiger charge is 2.40. The Morgan fingerprint density at radius 1 is 1.18 bits per heavy atom. The molecule has 1 aromatic carbocycles. The van der Waals surface area contributed by atoms with Gasteiger partial charge in [0, 0.05) is 0 Å². The van der Waals surface area contributed by atoms with Crippen molar-refractivity contribution >= 4 is 17.8 Å². The lowest BCUT2D eigenvalue weighted by molar-refractivity contribution is -0.158. The fourth-order valence-corrected chi connectivity index (χ4v) is 2.46. The van der Waals surface area contributed by atoms with Crippen molar-refractivity contribution in [1.82, 2.24) is 4.90 Å². The second kappa shape index (κ2) is 7.06. The topological polar surface area (TPSA) is 72.9 Å². The van der Waals surface area contributed by atoms with Crippen molar-refractivity contribution < 1.29 is 23.9 Å². The van der Waals surface area contributed by atoms with Crippen LogP contribution in [0.3, 0.4) is 0 Å². The number of esters is 2. The average molecular weight is 305 g/mol. The third-order valence-electron chi connectivity index (χ3n) is 3.48. The van der Waals surface area contributed by atoms with Crippen LogP contribution in [0.5, 0.6) is 0 Å². The fraction of sp³-hybridized carbons (Fsp3) is 0.438. The van der Waals surface area contributed by atoms with E-state index in [1.54, 1.807) is 38.1 Å². The molecule has 1 fully saturated rings. The van der Waals surface area contributed by atoms with Crippen molar-refractivity contribution in [3.8, 4) is 0 Å². The standard InChI is InChI=1S/C16H19NO5/c1-3-21-15(19)10-17-13(9-14(17)18)11-7-5-6-8-12(11)16(20)22-4-2/h5-8,13H,3-4,9-10H2,1-2H3/t13-/m0/s1. The molecule has 1 aliphatic rings. The highest BCUT2D eigenvalue weighted by Crippen LogP contribution is 2.36. The molecule has 1 saturated heterocycles.